The third kappa shape index (κ3) is 3.48. The molecule has 1 unspecified atom stereocenters. The molecule has 2 N–H and O–H groups in total. The average molecular weight is 262 g/mol. The van der Waals surface area contributed by atoms with Crippen molar-refractivity contribution in [1.82, 2.24) is 4.90 Å². The average Bonchev–Trinajstić information content (AvgIpc) is 2.37. The molecule has 1 aliphatic carbocycles. The Morgan fingerprint density at radius 1 is 1.37 bits per heavy atom. The number of rotatable bonds is 7. The van der Waals surface area contributed by atoms with Crippen molar-refractivity contribution in [2.45, 2.75) is 32.2 Å². The van der Waals surface area contributed by atoms with Crippen LogP contribution in [0.4, 0.5) is 0 Å². The first-order chi connectivity index (χ1) is 9.26. The summed E-state index contributed by atoms with van der Waals surface area (Å²) in [4.78, 5) is 2.39. The van der Waals surface area contributed by atoms with Gasteiger partial charge in [-0.1, -0.05) is 24.6 Å². The van der Waals surface area contributed by atoms with E-state index in [0.29, 0.717) is 13.2 Å². The molecule has 1 aliphatic rings. The van der Waals surface area contributed by atoms with Crippen molar-refractivity contribution in [2.75, 3.05) is 26.7 Å². The zero-order chi connectivity index (χ0) is 13.7. The van der Waals surface area contributed by atoms with E-state index in [1.807, 2.05) is 19.1 Å². The van der Waals surface area contributed by atoms with Crippen LogP contribution < -0.4 is 10.5 Å². The summed E-state index contributed by atoms with van der Waals surface area (Å²) in [5, 5.41) is 0. The topological polar surface area (TPSA) is 38.5 Å². The summed E-state index contributed by atoms with van der Waals surface area (Å²) < 4.78 is 5.73. The molecule has 0 radical (unpaired) electrons. The van der Waals surface area contributed by atoms with E-state index < -0.39 is 0 Å². The SMILES string of the molecule is CCOc1ccccc1C(CN)N(C)CC1CCC1. The molecule has 19 heavy (non-hydrogen) atoms. The summed E-state index contributed by atoms with van der Waals surface area (Å²) in [6, 6.07) is 8.52. The number of para-hydroxylation sites is 1. The molecule has 0 aromatic heterocycles. The number of nitrogens with zero attached hydrogens (tertiary/aromatic N) is 1. The quantitative estimate of drug-likeness (QED) is 0.821. The molecule has 0 bridgehead atoms. The molecule has 1 aromatic carbocycles. The Labute approximate surface area is 116 Å². The van der Waals surface area contributed by atoms with Crippen LogP contribution in [0.5, 0.6) is 5.75 Å². The molecule has 0 spiro atoms. The van der Waals surface area contributed by atoms with E-state index >= 15 is 0 Å². The van der Waals surface area contributed by atoms with Gasteiger partial charge in [-0.15, -0.1) is 0 Å². The van der Waals surface area contributed by atoms with Crippen molar-refractivity contribution >= 4 is 0 Å². The fourth-order valence-electron chi connectivity index (χ4n) is 2.80. The number of ether oxygens (including phenoxy) is 1. The van der Waals surface area contributed by atoms with Crippen LogP contribution in [0.1, 0.15) is 37.8 Å². The van der Waals surface area contributed by atoms with Gasteiger partial charge in [0.15, 0.2) is 0 Å². The third-order valence-electron chi connectivity index (χ3n) is 4.10. The standard InChI is InChI=1S/C16H26N2O/c1-3-19-16-10-5-4-9-14(16)15(11-17)18(2)12-13-7-6-8-13/h4-5,9-10,13,15H,3,6-8,11-12,17H2,1-2H3. The predicted molar refractivity (Wildman–Crippen MR) is 79.4 cm³/mol. The van der Waals surface area contributed by atoms with Gasteiger partial charge in [0.25, 0.3) is 0 Å². The lowest BCUT2D eigenvalue weighted by atomic mass is 9.84. The highest BCUT2D eigenvalue weighted by Gasteiger charge is 2.24. The molecule has 106 valence electrons. The Hall–Kier alpha value is -1.06. The lowest BCUT2D eigenvalue weighted by molar-refractivity contribution is 0.162. The van der Waals surface area contributed by atoms with E-state index in [4.69, 9.17) is 10.5 Å². The van der Waals surface area contributed by atoms with E-state index in [1.165, 1.54) is 24.8 Å². The summed E-state index contributed by atoms with van der Waals surface area (Å²) in [7, 11) is 2.18. The summed E-state index contributed by atoms with van der Waals surface area (Å²) in [6.45, 7) is 4.49. The maximum atomic E-state index is 6.01. The van der Waals surface area contributed by atoms with Gasteiger partial charge in [-0.05, 0) is 38.8 Å². The molecule has 3 nitrogen and oxygen atoms in total. The van der Waals surface area contributed by atoms with E-state index in [0.717, 1.165) is 18.2 Å². The van der Waals surface area contributed by atoms with Crippen LogP contribution in [-0.4, -0.2) is 31.6 Å². The van der Waals surface area contributed by atoms with Gasteiger partial charge in [-0.25, -0.2) is 0 Å². The number of hydrogen-bond acceptors (Lipinski definition) is 3. The van der Waals surface area contributed by atoms with Gasteiger partial charge < -0.3 is 10.5 Å². The Bertz CT molecular complexity index is 390. The first-order valence-electron chi connectivity index (χ1n) is 7.38. The molecule has 0 saturated heterocycles. The smallest absolute Gasteiger partial charge is 0.124 e. The molecule has 1 fully saturated rings. The van der Waals surface area contributed by atoms with Crippen LogP contribution >= 0.6 is 0 Å². The number of likely N-dealkylation sites (N-methyl/N-ethyl adjacent to an activating group) is 1. The molecule has 2 rings (SSSR count). The summed E-state index contributed by atoms with van der Waals surface area (Å²) in [6.07, 6.45) is 4.13. The van der Waals surface area contributed by atoms with Gasteiger partial charge in [0.05, 0.1) is 12.6 Å². The second-order valence-corrected chi connectivity index (χ2v) is 5.46. The van der Waals surface area contributed by atoms with Gasteiger partial charge in [0, 0.05) is 18.7 Å². The Morgan fingerprint density at radius 2 is 2.11 bits per heavy atom. The van der Waals surface area contributed by atoms with Crippen LogP contribution in [0.3, 0.4) is 0 Å². The lowest BCUT2D eigenvalue weighted by Gasteiger charge is -2.35. The van der Waals surface area contributed by atoms with Crippen molar-refractivity contribution < 1.29 is 4.74 Å². The summed E-state index contributed by atoms with van der Waals surface area (Å²) in [5.41, 5.74) is 7.23. The van der Waals surface area contributed by atoms with E-state index in [2.05, 4.69) is 24.1 Å². The van der Waals surface area contributed by atoms with Gasteiger partial charge in [-0.2, -0.15) is 0 Å². The first-order valence-corrected chi connectivity index (χ1v) is 7.38. The van der Waals surface area contributed by atoms with Crippen molar-refractivity contribution in [3.05, 3.63) is 29.8 Å². The van der Waals surface area contributed by atoms with Crippen molar-refractivity contribution in [1.29, 1.82) is 0 Å². The van der Waals surface area contributed by atoms with Crippen LogP contribution in [0.2, 0.25) is 0 Å². The Balaban J connectivity index is 2.10. The molecule has 0 aliphatic heterocycles. The number of nitrogens with two attached hydrogens (primary N) is 1. The highest BCUT2D eigenvalue weighted by molar-refractivity contribution is 5.36. The summed E-state index contributed by atoms with van der Waals surface area (Å²) >= 11 is 0. The second kappa shape index (κ2) is 6.92. The number of benzene rings is 1. The predicted octanol–water partition coefficient (Wildman–Crippen LogP) is 2.82. The lowest BCUT2D eigenvalue weighted by Crippen LogP contribution is -2.36. The molecule has 1 saturated carbocycles. The summed E-state index contributed by atoms with van der Waals surface area (Å²) in [5.74, 6) is 1.83. The molecule has 3 heteroatoms. The minimum atomic E-state index is 0.253. The van der Waals surface area contributed by atoms with E-state index in [1.54, 1.807) is 0 Å². The van der Waals surface area contributed by atoms with Crippen molar-refractivity contribution in [2.24, 2.45) is 11.7 Å². The van der Waals surface area contributed by atoms with Crippen molar-refractivity contribution in [3.8, 4) is 5.75 Å². The second-order valence-electron chi connectivity index (χ2n) is 5.46. The molecule has 1 atom stereocenters. The normalized spacial score (nSPS) is 17.3. The van der Waals surface area contributed by atoms with E-state index in [-0.39, 0.29) is 6.04 Å². The largest absolute Gasteiger partial charge is 0.494 e. The van der Waals surface area contributed by atoms with Crippen LogP contribution in [0, 0.1) is 5.92 Å². The minimum absolute atomic E-state index is 0.253. The van der Waals surface area contributed by atoms with Crippen LogP contribution in [-0.2, 0) is 0 Å². The monoisotopic (exact) mass is 262 g/mol. The minimum Gasteiger partial charge on any atom is -0.494 e. The van der Waals surface area contributed by atoms with Gasteiger partial charge >= 0.3 is 0 Å². The molecular weight excluding hydrogens is 236 g/mol. The van der Waals surface area contributed by atoms with Crippen LogP contribution in [0.25, 0.3) is 0 Å². The zero-order valence-corrected chi connectivity index (χ0v) is 12.1. The Morgan fingerprint density at radius 3 is 2.68 bits per heavy atom. The first kappa shape index (κ1) is 14.4. The van der Waals surface area contributed by atoms with Crippen molar-refractivity contribution in [3.63, 3.8) is 0 Å². The van der Waals surface area contributed by atoms with E-state index in [9.17, 15) is 0 Å². The van der Waals surface area contributed by atoms with Gasteiger partial charge in [-0.3, -0.25) is 4.90 Å². The van der Waals surface area contributed by atoms with Crippen LogP contribution in [0.15, 0.2) is 24.3 Å². The van der Waals surface area contributed by atoms with Gasteiger partial charge in [0.2, 0.25) is 0 Å². The highest BCUT2D eigenvalue weighted by atomic mass is 16.5. The fourth-order valence-corrected chi connectivity index (χ4v) is 2.80. The highest BCUT2D eigenvalue weighted by Crippen LogP contribution is 2.32. The number of hydrogen-bond donors (Lipinski definition) is 1. The molecule has 0 amide bonds. The third-order valence-corrected chi connectivity index (χ3v) is 4.10. The molecular formula is C16H26N2O. The maximum Gasteiger partial charge on any atom is 0.124 e. The Kier molecular flexibility index (Phi) is 5.23. The molecule has 1 aromatic rings. The van der Waals surface area contributed by atoms with Gasteiger partial charge in [0.1, 0.15) is 5.75 Å². The maximum absolute atomic E-state index is 6.01. The fraction of sp³-hybridized carbons (Fsp3) is 0.625. The zero-order valence-electron chi connectivity index (χ0n) is 12.1. The molecule has 0 heterocycles.